The van der Waals surface area contributed by atoms with Gasteiger partial charge in [0.25, 0.3) is 0 Å². The summed E-state index contributed by atoms with van der Waals surface area (Å²) >= 11 is 0. The zero-order valence-corrected chi connectivity index (χ0v) is 13.7. The number of hydrogen-bond donors (Lipinski definition) is 2. The molecule has 142 valence electrons. The average Bonchev–Trinajstić information content (AvgIpc) is 2.48. The molecule has 25 heavy (non-hydrogen) atoms. The number of piperazine rings is 1. The topological polar surface area (TPSA) is 86.7 Å². The number of halogens is 5. The molecule has 0 spiro atoms. The number of benzene rings is 1. The number of carboxylic acids is 1. The van der Waals surface area contributed by atoms with E-state index >= 15 is 0 Å². The highest BCUT2D eigenvalue weighted by molar-refractivity contribution is 7.90. The highest BCUT2D eigenvalue weighted by Crippen LogP contribution is 2.26. The quantitative estimate of drug-likeness (QED) is 0.743. The summed E-state index contributed by atoms with van der Waals surface area (Å²) in [6.07, 6.45) is -4.23. The van der Waals surface area contributed by atoms with Crippen LogP contribution in [-0.4, -0.2) is 58.1 Å². The second-order valence-corrected chi connectivity index (χ2v) is 7.03. The summed E-state index contributed by atoms with van der Waals surface area (Å²) in [5.74, 6) is -4.38. The molecule has 0 amide bonds. The maximum Gasteiger partial charge on any atom is 0.490 e. The molecule has 1 aromatic rings. The minimum absolute atomic E-state index is 0.112. The largest absolute Gasteiger partial charge is 0.490 e. The Morgan fingerprint density at radius 1 is 1.16 bits per heavy atom. The minimum Gasteiger partial charge on any atom is -0.475 e. The van der Waals surface area contributed by atoms with Crippen LogP contribution in [0.4, 0.5) is 27.6 Å². The molecule has 0 atom stereocenters. The molecular weight excluding hydrogens is 375 g/mol. The van der Waals surface area contributed by atoms with E-state index in [2.05, 4.69) is 5.32 Å². The van der Waals surface area contributed by atoms with Gasteiger partial charge in [-0.2, -0.15) is 13.2 Å². The van der Waals surface area contributed by atoms with Gasteiger partial charge in [0.1, 0.15) is 16.5 Å². The summed E-state index contributed by atoms with van der Waals surface area (Å²) in [5, 5.41) is 10.2. The second kappa shape index (κ2) is 7.95. The fourth-order valence-corrected chi connectivity index (χ4v) is 2.68. The first-order valence-corrected chi connectivity index (χ1v) is 8.68. The molecule has 1 heterocycles. The monoisotopic (exact) mass is 390 g/mol. The Hall–Kier alpha value is -1.95. The van der Waals surface area contributed by atoms with Crippen molar-refractivity contribution in [2.24, 2.45) is 0 Å². The number of carbonyl (C=O) groups is 1. The van der Waals surface area contributed by atoms with E-state index in [-0.39, 0.29) is 5.69 Å². The molecular formula is C13H15F5N2O4S. The third-order valence-corrected chi connectivity index (χ3v) is 4.21. The van der Waals surface area contributed by atoms with Crippen molar-refractivity contribution in [1.82, 2.24) is 5.32 Å². The first-order chi connectivity index (χ1) is 11.3. The number of carboxylic acid groups (broad SMARTS) is 1. The lowest BCUT2D eigenvalue weighted by Crippen LogP contribution is -2.44. The first-order valence-electron chi connectivity index (χ1n) is 6.79. The number of aliphatic carboxylic acids is 1. The Bertz CT molecular complexity index is 731. The third-order valence-electron chi connectivity index (χ3n) is 3.10. The van der Waals surface area contributed by atoms with Gasteiger partial charge in [-0.3, -0.25) is 0 Å². The number of nitrogens with one attached hydrogen (secondary N) is 1. The van der Waals surface area contributed by atoms with Crippen LogP contribution in [0.1, 0.15) is 0 Å². The molecule has 0 saturated carbocycles. The van der Waals surface area contributed by atoms with Gasteiger partial charge >= 0.3 is 12.1 Å². The van der Waals surface area contributed by atoms with E-state index in [4.69, 9.17) is 9.90 Å². The van der Waals surface area contributed by atoms with E-state index in [1.807, 2.05) is 0 Å². The zero-order valence-electron chi connectivity index (χ0n) is 12.9. The molecule has 1 fully saturated rings. The van der Waals surface area contributed by atoms with Crippen LogP contribution >= 0.6 is 0 Å². The molecule has 0 bridgehead atoms. The van der Waals surface area contributed by atoms with E-state index < -0.39 is 38.5 Å². The summed E-state index contributed by atoms with van der Waals surface area (Å²) in [4.78, 5) is 9.99. The van der Waals surface area contributed by atoms with Gasteiger partial charge in [0.15, 0.2) is 9.84 Å². The number of sulfone groups is 1. The summed E-state index contributed by atoms with van der Waals surface area (Å²) in [6.45, 7) is 2.51. The lowest BCUT2D eigenvalue weighted by Gasteiger charge is -2.29. The summed E-state index contributed by atoms with van der Waals surface area (Å²) in [6, 6.07) is 1.71. The van der Waals surface area contributed by atoms with Gasteiger partial charge in [-0.05, 0) is 6.07 Å². The Kier molecular flexibility index (Phi) is 6.71. The number of rotatable bonds is 2. The average molecular weight is 390 g/mol. The van der Waals surface area contributed by atoms with Gasteiger partial charge in [0, 0.05) is 38.5 Å². The fourth-order valence-electron chi connectivity index (χ4n) is 1.95. The van der Waals surface area contributed by atoms with Crippen molar-refractivity contribution in [3.8, 4) is 0 Å². The van der Waals surface area contributed by atoms with E-state index in [1.54, 1.807) is 4.90 Å². The van der Waals surface area contributed by atoms with Crippen LogP contribution < -0.4 is 10.2 Å². The molecule has 1 saturated heterocycles. The SMILES string of the molecule is CS(=O)(=O)c1cc(F)c(N2CCNCC2)cc1F.O=C(O)C(F)(F)F. The highest BCUT2D eigenvalue weighted by Gasteiger charge is 2.38. The molecule has 6 nitrogen and oxygen atoms in total. The van der Waals surface area contributed by atoms with Crippen LogP contribution in [0.15, 0.2) is 17.0 Å². The summed E-state index contributed by atoms with van der Waals surface area (Å²) < 4.78 is 81.8. The molecule has 0 aliphatic carbocycles. The maximum absolute atomic E-state index is 13.9. The van der Waals surface area contributed by atoms with Gasteiger partial charge in [0.05, 0.1) is 5.69 Å². The van der Waals surface area contributed by atoms with Gasteiger partial charge in [-0.15, -0.1) is 0 Å². The molecule has 0 unspecified atom stereocenters. The van der Waals surface area contributed by atoms with E-state index in [0.29, 0.717) is 26.2 Å². The highest BCUT2D eigenvalue weighted by atomic mass is 32.2. The maximum atomic E-state index is 13.9. The van der Waals surface area contributed by atoms with Crippen LogP contribution in [0.25, 0.3) is 0 Å². The van der Waals surface area contributed by atoms with E-state index in [1.165, 1.54) is 0 Å². The zero-order chi connectivity index (χ0) is 19.4. The third kappa shape index (κ3) is 6.12. The first kappa shape index (κ1) is 21.1. The standard InChI is InChI=1S/C11H14F2N2O2S.C2HF3O2/c1-18(16,17)11-7-8(12)10(6-9(11)13)15-4-2-14-3-5-15;3-2(4,5)1(6)7/h6-7,14H,2-5H2,1H3;(H,6,7). The van der Waals surface area contributed by atoms with Crippen molar-refractivity contribution in [1.29, 1.82) is 0 Å². The van der Waals surface area contributed by atoms with Crippen molar-refractivity contribution in [2.75, 3.05) is 37.3 Å². The molecule has 0 radical (unpaired) electrons. The van der Waals surface area contributed by atoms with Crippen LogP contribution in [-0.2, 0) is 14.6 Å². The number of hydrogen-bond acceptors (Lipinski definition) is 5. The van der Waals surface area contributed by atoms with E-state index in [0.717, 1.165) is 18.4 Å². The van der Waals surface area contributed by atoms with Gasteiger partial charge in [0.2, 0.25) is 0 Å². The molecule has 12 heteroatoms. The van der Waals surface area contributed by atoms with Crippen LogP contribution in [0, 0.1) is 11.6 Å². The smallest absolute Gasteiger partial charge is 0.475 e. The molecule has 1 aromatic carbocycles. The summed E-state index contributed by atoms with van der Waals surface area (Å²) in [5.41, 5.74) is 0.112. The van der Waals surface area contributed by atoms with E-state index in [9.17, 15) is 30.4 Å². The molecule has 1 aliphatic heterocycles. The van der Waals surface area contributed by atoms with Gasteiger partial charge in [-0.1, -0.05) is 0 Å². The molecule has 2 N–H and O–H groups in total. The Balaban J connectivity index is 0.000000381. The van der Waals surface area contributed by atoms with Crippen molar-refractivity contribution >= 4 is 21.5 Å². The molecule has 2 rings (SSSR count). The number of anilines is 1. The predicted octanol–water partition coefficient (Wildman–Crippen LogP) is 1.41. The minimum atomic E-state index is -5.08. The second-order valence-electron chi connectivity index (χ2n) is 5.05. The van der Waals surface area contributed by atoms with Gasteiger partial charge < -0.3 is 15.3 Å². The van der Waals surface area contributed by atoms with Crippen molar-refractivity contribution in [3.05, 3.63) is 23.8 Å². The van der Waals surface area contributed by atoms with Gasteiger partial charge in [-0.25, -0.2) is 22.0 Å². The van der Waals surface area contributed by atoms with Crippen molar-refractivity contribution < 1.29 is 40.3 Å². The molecule has 1 aliphatic rings. The van der Waals surface area contributed by atoms with Crippen molar-refractivity contribution in [2.45, 2.75) is 11.1 Å². The Labute approximate surface area is 140 Å². The van der Waals surface area contributed by atoms with Crippen LogP contribution in [0.2, 0.25) is 0 Å². The predicted molar refractivity (Wildman–Crippen MR) is 78.2 cm³/mol. The normalized spacial score (nSPS) is 15.4. The fraction of sp³-hybridized carbons (Fsp3) is 0.462. The number of alkyl halides is 3. The molecule has 0 aromatic heterocycles. The van der Waals surface area contributed by atoms with Crippen LogP contribution in [0.5, 0.6) is 0 Å². The summed E-state index contributed by atoms with van der Waals surface area (Å²) in [7, 11) is -3.75. The van der Waals surface area contributed by atoms with Crippen LogP contribution in [0.3, 0.4) is 0 Å². The van der Waals surface area contributed by atoms with Crippen molar-refractivity contribution in [3.63, 3.8) is 0 Å². The Morgan fingerprint density at radius 3 is 2.04 bits per heavy atom. The lowest BCUT2D eigenvalue weighted by molar-refractivity contribution is -0.192. The lowest BCUT2D eigenvalue weighted by atomic mass is 10.2. The number of nitrogens with zero attached hydrogens (tertiary/aromatic N) is 1. The Morgan fingerprint density at radius 2 is 1.64 bits per heavy atom.